The number of benzene rings is 1. The number of hydrogen-bond acceptors (Lipinski definition) is 4. The van der Waals surface area contributed by atoms with Crippen LogP contribution in [0.2, 0.25) is 0 Å². The van der Waals surface area contributed by atoms with Crippen LogP contribution >= 0.6 is 0 Å². The summed E-state index contributed by atoms with van der Waals surface area (Å²) in [6, 6.07) is 12.7. The molecule has 0 atom stereocenters. The molecule has 0 bridgehead atoms. The predicted octanol–water partition coefficient (Wildman–Crippen LogP) is 3.34. The lowest BCUT2D eigenvalue weighted by atomic mass is 10.0. The molecular formula is C19H18N4. The number of nitrogen functional groups attached to an aromatic ring is 1. The van der Waals surface area contributed by atoms with E-state index in [4.69, 9.17) is 5.73 Å². The van der Waals surface area contributed by atoms with Crippen molar-refractivity contribution >= 4 is 5.69 Å². The summed E-state index contributed by atoms with van der Waals surface area (Å²) in [6.45, 7) is 2.05. The van der Waals surface area contributed by atoms with Crippen molar-refractivity contribution in [2.75, 3.05) is 12.8 Å². The Kier molecular flexibility index (Phi) is 3.32. The zero-order chi connectivity index (χ0) is 15.8. The molecule has 0 saturated carbocycles. The van der Waals surface area contributed by atoms with Gasteiger partial charge in [-0.25, -0.2) is 0 Å². The van der Waals surface area contributed by atoms with E-state index in [2.05, 4.69) is 46.2 Å². The third-order valence-corrected chi connectivity index (χ3v) is 4.24. The van der Waals surface area contributed by atoms with Crippen LogP contribution in [0.15, 0.2) is 55.0 Å². The van der Waals surface area contributed by atoms with Gasteiger partial charge in [0, 0.05) is 42.8 Å². The number of nitrogens with two attached hydrogens (primary N) is 1. The average Bonchev–Trinajstić information content (AvgIpc) is 2.94. The van der Waals surface area contributed by atoms with Crippen molar-refractivity contribution in [1.82, 2.24) is 14.9 Å². The Morgan fingerprint density at radius 3 is 2.48 bits per heavy atom. The Morgan fingerprint density at radius 1 is 0.870 bits per heavy atom. The highest BCUT2D eigenvalue weighted by Crippen LogP contribution is 2.28. The van der Waals surface area contributed by atoms with Crippen LogP contribution in [-0.4, -0.2) is 21.9 Å². The number of anilines is 1. The fourth-order valence-electron chi connectivity index (χ4n) is 3.08. The first kappa shape index (κ1) is 13.9. The van der Waals surface area contributed by atoms with Crippen molar-refractivity contribution in [1.29, 1.82) is 0 Å². The molecular weight excluding hydrogens is 284 g/mol. The van der Waals surface area contributed by atoms with E-state index < -0.39 is 0 Å². The van der Waals surface area contributed by atoms with Gasteiger partial charge in [0.05, 0.1) is 11.4 Å². The Labute approximate surface area is 135 Å². The van der Waals surface area contributed by atoms with Crippen molar-refractivity contribution in [3.8, 4) is 22.4 Å². The maximum absolute atomic E-state index is 5.79. The van der Waals surface area contributed by atoms with E-state index in [0.717, 1.165) is 29.9 Å². The highest BCUT2D eigenvalue weighted by atomic mass is 15.1. The maximum Gasteiger partial charge on any atom is 0.0718 e. The highest BCUT2D eigenvalue weighted by Gasteiger charge is 2.15. The van der Waals surface area contributed by atoms with Crippen molar-refractivity contribution < 1.29 is 0 Å². The van der Waals surface area contributed by atoms with Gasteiger partial charge >= 0.3 is 0 Å². The Morgan fingerprint density at radius 2 is 1.70 bits per heavy atom. The maximum atomic E-state index is 5.79. The van der Waals surface area contributed by atoms with Gasteiger partial charge in [0.25, 0.3) is 0 Å². The van der Waals surface area contributed by atoms with E-state index in [-0.39, 0.29) is 0 Å². The normalized spacial score (nSPS) is 14.0. The minimum atomic E-state index is 0.649. The predicted molar refractivity (Wildman–Crippen MR) is 92.5 cm³/mol. The third kappa shape index (κ3) is 2.69. The number of pyridine rings is 2. The Balaban J connectivity index is 1.65. The summed E-state index contributed by atoms with van der Waals surface area (Å²) < 4.78 is 0. The number of rotatable bonds is 2. The largest absolute Gasteiger partial charge is 0.397 e. The van der Waals surface area contributed by atoms with Crippen LogP contribution in [0.25, 0.3) is 22.4 Å². The first-order valence-electron chi connectivity index (χ1n) is 7.67. The van der Waals surface area contributed by atoms with E-state index in [0.29, 0.717) is 5.69 Å². The fraction of sp³-hybridized carbons (Fsp3) is 0.158. The first-order valence-corrected chi connectivity index (χ1v) is 7.67. The topological polar surface area (TPSA) is 55.0 Å². The van der Waals surface area contributed by atoms with E-state index in [1.807, 2.05) is 18.3 Å². The third-order valence-electron chi connectivity index (χ3n) is 4.24. The van der Waals surface area contributed by atoms with Crippen LogP contribution in [-0.2, 0) is 13.1 Å². The van der Waals surface area contributed by atoms with E-state index in [1.165, 1.54) is 16.7 Å². The Bertz CT molecular complexity index is 855. The summed E-state index contributed by atoms with van der Waals surface area (Å²) in [7, 11) is 2.15. The molecule has 0 aliphatic carbocycles. The second-order valence-electron chi connectivity index (χ2n) is 6.09. The van der Waals surface area contributed by atoms with Gasteiger partial charge in [-0.05, 0) is 41.9 Å². The van der Waals surface area contributed by atoms with Gasteiger partial charge in [-0.2, -0.15) is 0 Å². The lowest BCUT2D eigenvalue weighted by molar-refractivity contribution is 0.353. The van der Waals surface area contributed by atoms with Crippen LogP contribution in [0.4, 0.5) is 5.69 Å². The lowest BCUT2D eigenvalue weighted by Crippen LogP contribution is -2.07. The molecule has 1 aromatic carbocycles. The van der Waals surface area contributed by atoms with E-state index in [9.17, 15) is 0 Å². The second-order valence-corrected chi connectivity index (χ2v) is 6.09. The van der Waals surface area contributed by atoms with Crippen molar-refractivity contribution in [3.05, 3.63) is 66.1 Å². The standard InChI is InChI=1S/C19H18N4/c1-23-11-15-3-2-13(6-17(15)12-23)14-4-5-19(22-9-14)16-7-18(20)10-21-8-16/h2-10H,11-12,20H2,1H3. The zero-order valence-electron chi connectivity index (χ0n) is 13.0. The number of aromatic nitrogens is 2. The molecule has 2 N–H and O–H groups in total. The summed E-state index contributed by atoms with van der Waals surface area (Å²) in [5.41, 5.74) is 13.4. The van der Waals surface area contributed by atoms with Gasteiger partial charge < -0.3 is 5.73 Å². The summed E-state index contributed by atoms with van der Waals surface area (Å²) in [4.78, 5) is 11.0. The van der Waals surface area contributed by atoms with Gasteiger partial charge in [-0.15, -0.1) is 0 Å². The minimum Gasteiger partial charge on any atom is -0.397 e. The van der Waals surface area contributed by atoms with Crippen LogP contribution in [0.1, 0.15) is 11.1 Å². The van der Waals surface area contributed by atoms with Gasteiger partial charge in [-0.1, -0.05) is 18.2 Å². The van der Waals surface area contributed by atoms with Crippen LogP contribution in [0.3, 0.4) is 0 Å². The molecule has 2 aromatic heterocycles. The molecule has 0 fully saturated rings. The van der Waals surface area contributed by atoms with Gasteiger partial charge in [0.1, 0.15) is 0 Å². The molecule has 23 heavy (non-hydrogen) atoms. The quantitative estimate of drug-likeness (QED) is 0.789. The van der Waals surface area contributed by atoms with Gasteiger partial charge in [0.2, 0.25) is 0 Å². The molecule has 0 radical (unpaired) electrons. The molecule has 3 heterocycles. The molecule has 1 aliphatic heterocycles. The molecule has 4 nitrogen and oxygen atoms in total. The van der Waals surface area contributed by atoms with Crippen molar-refractivity contribution in [3.63, 3.8) is 0 Å². The summed E-state index contributed by atoms with van der Waals surface area (Å²) in [5, 5.41) is 0. The summed E-state index contributed by atoms with van der Waals surface area (Å²) >= 11 is 0. The highest BCUT2D eigenvalue weighted by molar-refractivity contribution is 5.68. The smallest absolute Gasteiger partial charge is 0.0718 e. The lowest BCUT2D eigenvalue weighted by Gasteiger charge is -2.06. The van der Waals surface area contributed by atoms with Crippen LogP contribution in [0.5, 0.6) is 0 Å². The second kappa shape index (κ2) is 5.48. The van der Waals surface area contributed by atoms with Crippen LogP contribution in [0, 0.1) is 0 Å². The van der Waals surface area contributed by atoms with Crippen LogP contribution < -0.4 is 5.73 Å². The molecule has 0 saturated heterocycles. The van der Waals surface area contributed by atoms with E-state index >= 15 is 0 Å². The SMILES string of the molecule is CN1Cc2ccc(-c3ccc(-c4cncc(N)c4)nc3)cc2C1. The zero-order valence-corrected chi connectivity index (χ0v) is 13.0. The molecule has 4 heteroatoms. The summed E-state index contributed by atoms with van der Waals surface area (Å²) in [5.74, 6) is 0. The molecule has 1 aliphatic rings. The van der Waals surface area contributed by atoms with Crippen molar-refractivity contribution in [2.24, 2.45) is 0 Å². The minimum absolute atomic E-state index is 0.649. The summed E-state index contributed by atoms with van der Waals surface area (Å²) in [6.07, 6.45) is 5.34. The monoisotopic (exact) mass is 302 g/mol. The number of nitrogens with zero attached hydrogens (tertiary/aromatic N) is 3. The molecule has 114 valence electrons. The molecule has 0 unspecified atom stereocenters. The molecule has 0 spiro atoms. The number of fused-ring (bicyclic) bond motifs is 1. The average molecular weight is 302 g/mol. The Hall–Kier alpha value is -2.72. The molecule has 4 rings (SSSR count). The first-order chi connectivity index (χ1) is 11.2. The van der Waals surface area contributed by atoms with Gasteiger partial charge in [0.15, 0.2) is 0 Å². The molecule has 3 aromatic rings. The fourth-order valence-corrected chi connectivity index (χ4v) is 3.08. The number of hydrogen-bond donors (Lipinski definition) is 1. The van der Waals surface area contributed by atoms with Gasteiger partial charge in [-0.3, -0.25) is 14.9 Å². The van der Waals surface area contributed by atoms with Crippen molar-refractivity contribution in [2.45, 2.75) is 13.1 Å². The van der Waals surface area contributed by atoms with E-state index in [1.54, 1.807) is 12.4 Å². The molecule has 0 amide bonds.